The Morgan fingerprint density at radius 2 is 2.02 bits per heavy atom. The number of esters is 1. The van der Waals surface area contributed by atoms with E-state index in [4.69, 9.17) is 4.74 Å². The molecule has 10 nitrogen and oxygen atoms in total. The van der Waals surface area contributed by atoms with Crippen LogP contribution >= 0.6 is 0 Å². The van der Waals surface area contributed by atoms with Gasteiger partial charge >= 0.3 is 5.97 Å². The van der Waals surface area contributed by atoms with Crippen LogP contribution in [-0.2, 0) is 21.6 Å². The Balaban J connectivity index is 1.39. The third-order valence-electron chi connectivity index (χ3n) is 7.19. The highest BCUT2D eigenvalue weighted by atomic mass is 16.6. The maximum absolute atomic E-state index is 13.8. The van der Waals surface area contributed by atoms with Gasteiger partial charge < -0.3 is 14.6 Å². The molecule has 0 bridgehead atoms. The molecule has 0 radical (unpaired) electrons. The number of carbonyl (C=O) groups is 1. The van der Waals surface area contributed by atoms with Gasteiger partial charge in [0.1, 0.15) is 6.61 Å². The zero-order chi connectivity index (χ0) is 28.8. The number of nitrogens with one attached hydrogen (secondary N) is 1. The lowest BCUT2D eigenvalue weighted by Crippen LogP contribution is -2.53. The van der Waals surface area contributed by atoms with Crippen LogP contribution in [0, 0.1) is 16.0 Å². The largest absolute Gasteiger partial charge is 0.461 e. The fourth-order valence-corrected chi connectivity index (χ4v) is 5.33. The quantitative estimate of drug-likeness (QED) is 0.175. The first kappa shape index (κ1) is 27.4. The van der Waals surface area contributed by atoms with Gasteiger partial charge in [-0.3, -0.25) is 24.9 Å². The van der Waals surface area contributed by atoms with Crippen LogP contribution in [-0.4, -0.2) is 37.0 Å². The molecule has 3 unspecified atom stereocenters. The zero-order valence-electron chi connectivity index (χ0n) is 22.8. The Morgan fingerprint density at radius 3 is 2.78 bits per heavy atom. The van der Waals surface area contributed by atoms with Crippen LogP contribution in [0.15, 0.2) is 104 Å². The Labute approximate surface area is 237 Å². The van der Waals surface area contributed by atoms with Crippen LogP contribution in [0.25, 0.3) is 6.08 Å². The molecule has 3 aromatic heterocycles. The summed E-state index contributed by atoms with van der Waals surface area (Å²) in [6, 6.07) is 15.9. The van der Waals surface area contributed by atoms with E-state index >= 15 is 0 Å². The van der Waals surface area contributed by atoms with E-state index < -0.39 is 28.3 Å². The molecule has 208 valence electrons. The number of imidazole rings is 1. The Kier molecular flexibility index (Phi) is 8.00. The van der Waals surface area contributed by atoms with Crippen LogP contribution in [0.3, 0.4) is 0 Å². The number of carbonyl (C=O) groups excluding carboxylic acids is 1. The average Bonchev–Trinajstić information content (AvgIpc) is 3.48. The van der Waals surface area contributed by atoms with E-state index in [0.717, 1.165) is 22.6 Å². The Morgan fingerprint density at radius 1 is 1.17 bits per heavy atom. The molecule has 3 atom stereocenters. The molecule has 0 amide bonds. The molecule has 1 aromatic carbocycles. The van der Waals surface area contributed by atoms with Crippen molar-refractivity contribution in [3.05, 3.63) is 136 Å². The highest BCUT2D eigenvalue weighted by Crippen LogP contribution is 2.45. The van der Waals surface area contributed by atoms with Gasteiger partial charge in [-0.1, -0.05) is 30.3 Å². The number of benzene rings is 1. The fourth-order valence-electron chi connectivity index (χ4n) is 5.33. The smallest absolute Gasteiger partial charge is 0.312 e. The van der Waals surface area contributed by atoms with Crippen LogP contribution < -0.4 is 5.32 Å². The number of aromatic nitrogens is 4. The van der Waals surface area contributed by atoms with Crippen molar-refractivity contribution in [2.75, 3.05) is 6.61 Å². The molecule has 41 heavy (non-hydrogen) atoms. The minimum atomic E-state index is -0.883. The van der Waals surface area contributed by atoms with Gasteiger partial charge in [0.15, 0.2) is 0 Å². The van der Waals surface area contributed by atoms with Gasteiger partial charge in [0, 0.05) is 48.5 Å². The van der Waals surface area contributed by atoms with Crippen molar-refractivity contribution >= 4 is 17.7 Å². The zero-order valence-corrected chi connectivity index (χ0v) is 22.8. The van der Waals surface area contributed by atoms with Gasteiger partial charge in [0.25, 0.3) is 5.69 Å². The lowest BCUT2D eigenvalue weighted by molar-refractivity contribution is -0.384. The van der Waals surface area contributed by atoms with Gasteiger partial charge in [0.2, 0.25) is 0 Å². The van der Waals surface area contributed by atoms with E-state index in [1.807, 2.05) is 67.1 Å². The highest BCUT2D eigenvalue weighted by molar-refractivity contribution is 5.77. The summed E-state index contributed by atoms with van der Waals surface area (Å²) in [5, 5.41) is 15.0. The molecular weight excluding hydrogens is 520 g/mol. The molecule has 1 aliphatic heterocycles. The molecule has 0 saturated carbocycles. The Hall–Kier alpha value is -5.12. The summed E-state index contributed by atoms with van der Waals surface area (Å²) in [4.78, 5) is 37.9. The van der Waals surface area contributed by atoms with Crippen molar-refractivity contribution in [1.82, 2.24) is 24.8 Å². The van der Waals surface area contributed by atoms with Crippen LogP contribution in [0.1, 0.15) is 42.3 Å². The minimum absolute atomic E-state index is 0.0343. The second kappa shape index (κ2) is 12.0. The van der Waals surface area contributed by atoms with E-state index in [2.05, 4.69) is 20.3 Å². The number of hydrogen-bond donors (Lipinski definition) is 1. The van der Waals surface area contributed by atoms with E-state index in [0.29, 0.717) is 12.1 Å². The van der Waals surface area contributed by atoms with E-state index in [1.54, 1.807) is 43.1 Å². The van der Waals surface area contributed by atoms with Crippen molar-refractivity contribution in [2.24, 2.45) is 5.92 Å². The lowest BCUT2D eigenvalue weighted by Gasteiger charge is -2.45. The number of non-ortho nitro benzene ring substituents is 1. The van der Waals surface area contributed by atoms with Crippen molar-refractivity contribution in [3.63, 3.8) is 0 Å². The molecule has 0 fully saturated rings. The normalized spacial score (nSPS) is 20.3. The van der Waals surface area contributed by atoms with E-state index in [9.17, 15) is 14.9 Å². The second-order valence-corrected chi connectivity index (χ2v) is 10.1. The monoisotopic (exact) mass is 550 g/mol. The maximum atomic E-state index is 13.8. The molecule has 10 heteroatoms. The minimum Gasteiger partial charge on any atom is -0.461 e. The Bertz CT molecular complexity index is 1590. The molecule has 5 rings (SSSR count). The van der Waals surface area contributed by atoms with Gasteiger partial charge in [-0.25, -0.2) is 4.98 Å². The summed E-state index contributed by atoms with van der Waals surface area (Å²) in [7, 11) is 0. The van der Waals surface area contributed by atoms with Crippen LogP contribution in [0.5, 0.6) is 0 Å². The first-order valence-electron chi connectivity index (χ1n) is 13.2. The third-order valence-corrected chi connectivity index (χ3v) is 7.19. The summed E-state index contributed by atoms with van der Waals surface area (Å²) < 4.78 is 7.74. The molecule has 0 spiro atoms. The van der Waals surface area contributed by atoms with Gasteiger partial charge in [-0.05, 0) is 55.3 Å². The molecular formula is C31H30N6O4. The lowest BCUT2D eigenvalue weighted by atomic mass is 9.68. The van der Waals surface area contributed by atoms with Crippen LogP contribution in [0.4, 0.5) is 5.69 Å². The summed E-state index contributed by atoms with van der Waals surface area (Å²) in [5.41, 5.74) is 3.01. The summed E-state index contributed by atoms with van der Waals surface area (Å²) in [5.74, 6) is -1.64. The SMILES string of the molecule is CC1=CC(c2cccc([N+](=O)[O-])c2)C(C(=O)OCC=Cc2cccc(Cn3ccnc3)n2)C(C)(c2cccnc2)N1. The van der Waals surface area contributed by atoms with Gasteiger partial charge in [-0.2, -0.15) is 0 Å². The summed E-state index contributed by atoms with van der Waals surface area (Å²) in [6.45, 7) is 4.49. The van der Waals surface area contributed by atoms with Crippen molar-refractivity contribution in [2.45, 2.75) is 31.8 Å². The number of nitro groups is 1. The predicted octanol–water partition coefficient (Wildman–Crippen LogP) is 5.01. The first-order chi connectivity index (χ1) is 19.8. The standard InChI is InChI=1S/C31H30N6O4/c1-22-17-28(23-7-3-12-27(18-23)37(39)40)29(31(2,35-22)24-8-5-13-32-19-24)30(38)41-16-6-11-25-9-4-10-26(34-25)20-36-15-14-33-21-36/h3-15,17-19,21,28-29,35H,16,20H2,1-2H3. The second-order valence-electron chi connectivity index (χ2n) is 10.1. The number of rotatable bonds is 9. The number of nitrogens with zero attached hydrogens (tertiary/aromatic N) is 5. The molecule has 1 N–H and O–H groups in total. The number of allylic oxidation sites excluding steroid dienone is 2. The molecule has 0 saturated heterocycles. The number of hydrogen-bond acceptors (Lipinski definition) is 8. The first-order valence-corrected chi connectivity index (χ1v) is 13.2. The number of ether oxygens (including phenoxy) is 1. The third kappa shape index (κ3) is 6.22. The average molecular weight is 551 g/mol. The van der Waals surface area contributed by atoms with Crippen molar-refractivity contribution < 1.29 is 14.5 Å². The van der Waals surface area contributed by atoms with E-state index in [1.165, 1.54) is 12.1 Å². The van der Waals surface area contributed by atoms with Gasteiger partial charge in [0.05, 0.1) is 40.6 Å². The maximum Gasteiger partial charge on any atom is 0.312 e. The molecule has 0 aliphatic carbocycles. The van der Waals surface area contributed by atoms with Crippen molar-refractivity contribution in [3.8, 4) is 0 Å². The molecule has 4 heterocycles. The van der Waals surface area contributed by atoms with E-state index in [-0.39, 0.29) is 12.3 Å². The molecule has 1 aliphatic rings. The number of pyridine rings is 2. The summed E-state index contributed by atoms with van der Waals surface area (Å²) >= 11 is 0. The fraction of sp³-hybridized carbons (Fsp3) is 0.226. The van der Waals surface area contributed by atoms with Crippen LogP contribution in [0.2, 0.25) is 0 Å². The van der Waals surface area contributed by atoms with Crippen molar-refractivity contribution in [1.29, 1.82) is 0 Å². The summed E-state index contributed by atoms with van der Waals surface area (Å²) in [6.07, 6.45) is 14.2. The number of nitro benzene ring substituents is 1. The highest BCUT2D eigenvalue weighted by Gasteiger charge is 2.49. The topological polar surface area (TPSA) is 125 Å². The van der Waals surface area contributed by atoms with Gasteiger partial charge in [-0.15, -0.1) is 0 Å². The predicted molar refractivity (Wildman–Crippen MR) is 153 cm³/mol. The molecule has 4 aromatic rings.